The fourth-order valence-electron chi connectivity index (χ4n) is 2.39. The minimum atomic E-state index is -1.41. The van der Waals surface area contributed by atoms with Crippen molar-refractivity contribution in [1.82, 2.24) is 0 Å². The first-order valence-electron chi connectivity index (χ1n) is 9.47. The predicted molar refractivity (Wildman–Crippen MR) is 94.5 cm³/mol. The summed E-state index contributed by atoms with van der Waals surface area (Å²) in [5.41, 5.74) is -1.41. The fraction of sp³-hybridized carbons (Fsp3) is 0.895. The number of hydrogen-bond donors (Lipinski definition) is 2. The molecular weight excluding hydrogens is 308 g/mol. The van der Waals surface area contributed by atoms with Crippen LogP contribution < -0.4 is 0 Å². The predicted octanol–water partition coefficient (Wildman–Crippen LogP) is 3.75. The Morgan fingerprint density at radius 1 is 0.792 bits per heavy atom. The van der Waals surface area contributed by atoms with Crippen molar-refractivity contribution in [2.45, 2.75) is 90.9 Å². The molecule has 0 aliphatic rings. The Morgan fingerprint density at radius 2 is 1.21 bits per heavy atom. The Morgan fingerprint density at radius 3 is 1.62 bits per heavy atom. The van der Waals surface area contributed by atoms with E-state index >= 15 is 0 Å². The molecule has 0 aromatic carbocycles. The average Bonchev–Trinajstić information content (AvgIpc) is 2.58. The molecule has 0 bridgehead atoms. The van der Waals surface area contributed by atoms with Gasteiger partial charge in [-0.15, -0.1) is 0 Å². The summed E-state index contributed by atoms with van der Waals surface area (Å²) in [4.78, 5) is 23.3. The maximum absolute atomic E-state index is 11.7. The smallest absolute Gasteiger partial charge is 0.324 e. The Bertz CT molecular complexity index is 337. The maximum atomic E-state index is 11.7. The van der Waals surface area contributed by atoms with Crippen molar-refractivity contribution >= 4 is 11.9 Å². The third kappa shape index (κ3) is 10.8. The van der Waals surface area contributed by atoms with Crippen LogP contribution in [0.15, 0.2) is 0 Å². The molecule has 0 aliphatic heterocycles. The largest absolute Gasteiger partial charge is 0.395 e. The van der Waals surface area contributed by atoms with Crippen molar-refractivity contribution in [2.24, 2.45) is 5.41 Å². The monoisotopic (exact) mass is 344 g/mol. The fourth-order valence-corrected chi connectivity index (χ4v) is 2.39. The Labute approximate surface area is 146 Å². The van der Waals surface area contributed by atoms with Crippen LogP contribution in [0.3, 0.4) is 0 Å². The van der Waals surface area contributed by atoms with Gasteiger partial charge in [0.25, 0.3) is 0 Å². The molecule has 142 valence electrons. The van der Waals surface area contributed by atoms with Crippen LogP contribution in [-0.4, -0.2) is 35.4 Å². The van der Waals surface area contributed by atoms with E-state index in [1.54, 1.807) is 0 Å². The van der Waals surface area contributed by atoms with Gasteiger partial charge in [-0.3, -0.25) is 9.59 Å². The van der Waals surface area contributed by atoms with E-state index < -0.39 is 30.6 Å². The lowest BCUT2D eigenvalue weighted by atomic mass is 9.93. The summed E-state index contributed by atoms with van der Waals surface area (Å²) >= 11 is 0. The summed E-state index contributed by atoms with van der Waals surface area (Å²) in [5, 5.41) is 18.1. The molecule has 0 aromatic rings. The molecule has 0 amide bonds. The number of carbonyl (C=O) groups is 2. The highest BCUT2D eigenvalue weighted by Crippen LogP contribution is 2.17. The lowest BCUT2D eigenvalue weighted by Crippen LogP contribution is -2.38. The van der Waals surface area contributed by atoms with Gasteiger partial charge in [0.05, 0.1) is 13.2 Å². The van der Waals surface area contributed by atoms with Crippen molar-refractivity contribution in [1.29, 1.82) is 0 Å². The molecule has 0 fully saturated rings. The zero-order chi connectivity index (χ0) is 18.3. The second kappa shape index (κ2) is 14.4. The molecule has 5 heteroatoms. The first kappa shape index (κ1) is 23.1. The van der Waals surface area contributed by atoms with Crippen LogP contribution in [0.25, 0.3) is 0 Å². The van der Waals surface area contributed by atoms with Crippen molar-refractivity contribution in [3.63, 3.8) is 0 Å². The summed E-state index contributed by atoms with van der Waals surface area (Å²) in [6.45, 7) is 2.50. The standard InChI is InChI=1S/C19H36O5/c1-3-4-5-6-7-8-9-10-11-12-13-14-17(22)24-18(23)19(2,15-20)16-21/h20-21H,3-16H2,1-2H3. The van der Waals surface area contributed by atoms with Gasteiger partial charge in [0.15, 0.2) is 0 Å². The summed E-state index contributed by atoms with van der Waals surface area (Å²) in [6.07, 6.45) is 13.3. The quantitative estimate of drug-likeness (QED) is 0.268. The highest BCUT2D eigenvalue weighted by Gasteiger charge is 2.35. The summed E-state index contributed by atoms with van der Waals surface area (Å²) < 4.78 is 4.69. The van der Waals surface area contributed by atoms with E-state index in [0.29, 0.717) is 6.42 Å². The Balaban J connectivity index is 3.55. The third-order valence-corrected chi connectivity index (χ3v) is 4.38. The van der Waals surface area contributed by atoms with Gasteiger partial charge in [-0.05, 0) is 13.3 Å². The molecule has 0 saturated carbocycles. The molecule has 5 nitrogen and oxygen atoms in total. The molecule has 0 radical (unpaired) electrons. The molecule has 0 spiro atoms. The number of rotatable bonds is 15. The highest BCUT2D eigenvalue weighted by atomic mass is 16.6. The van der Waals surface area contributed by atoms with E-state index in [4.69, 9.17) is 14.9 Å². The lowest BCUT2D eigenvalue weighted by molar-refractivity contribution is -0.170. The van der Waals surface area contributed by atoms with Crippen LogP contribution >= 0.6 is 0 Å². The minimum absolute atomic E-state index is 0.204. The van der Waals surface area contributed by atoms with Crippen LogP contribution in [0.2, 0.25) is 0 Å². The minimum Gasteiger partial charge on any atom is -0.395 e. The number of ether oxygens (including phenoxy) is 1. The van der Waals surface area contributed by atoms with Crippen LogP contribution in [0.1, 0.15) is 90.9 Å². The van der Waals surface area contributed by atoms with Gasteiger partial charge in [0.1, 0.15) is 5.41 Å². The molecule has 0 saturated heterocycles. The van der Waals surface area contributed by atoms with Crippen molar-refractivity contribution in [3.05, 3.63) is 0 Å². The number of esters is 2. The molecule has 0 unspecified atom stereocenters. The van der Waals surface area contributed by atoms with Gasteiger partial charge in [0.2, 0.25) is 0 Å². The van der Waals surface area contributed by atoms with E-state index in [1.165, 1.54) is 58.3 Å². The van der Waals surface area contributed by atoms with Crippen LogP contribution in [-0.2, 0) is 14.3 Å². The molecule has 24 heavy (non-hydrogen) atoms. The zero-order valence-electron chi connectivity index (χ0n) is 15.5. The van der Waals surface area contributed by atoms with Crippen LogP contribution in [0.5, 0.6) is 0 Å². The number of hydrogen-bond acceptors (Lipinski definition) is 5. The third-order valence-electron chi connectivity index (χ3n) is 4.38. The van der Waals surface area contributed by atoms with Crippen LogP contribution in [0.4, 0.5) is 0 Å². The second-order valence-corrected chi connectivity index (χ2v) is 6.92. The summed E-state index contributed by atoms with van der Waals surface area (Å²) in [7, 11) is 0. The number of unbranched alkanes of at least 4 members (excludes halogenated alkanes) is 10. The van der Waals surface area contributed by atoms with E-state index in [-0.39, 0.29) is 6.42 Å². The molecule has 0 aliphatic carbocycles. The van der Waals surface area contributed by atoms with Gasteiger partial charge in [-0.1, -0.05) is 71.1 Å². The molecule has 2 N–H and O–H groups in total. The van der Waals surface area contributed by atoms with E-state index in [0.717, 1.165) is 12.8 Å². The molecule has 0 atom stereocenters. The maximum Gasteiger partial charge on any atom is 0.324 e. The van der Waals surface area contributed by atoms with E-state index in [9.17, 15) is 9.59 Å². The van der Waals surface area contributed by atoms with Gasteiger partial charge < -0.3 is 14.9 Å². The lowest BCUT2D eigenvalue weighted by Gasteiger charge is -2.21. The van der Waals surface area contributed by atoms with E-state index in [1.807, 2.05) is 0 Å². The molecule has 0 rings (SSSR count). The topological polar surface area (TPSA) is 83.8 Å². The first-order chi connectivity index (χ1) is 11.5. The zero-order valence-corrected chi connectivity index (χ0v) is 15.5. The normalized spacial score (nSPS) is 11.5. The highest BCUT2D eigenvalue weighted by molar-refractivity contribution is 5.88. The first-order valence-corrected chi connectivity index (χ1v) is 9.47. The van der Waals surface area contributed by atoms with Crippen molar-refractivity contribution < 1.29 is 24.5 Å². The molecular formula is C19H36O5. The van der Waals surface area contributed by atoms with Gasteiger partial charge >= 0.3 is 11.9 Å². The van der Waals surface area contributed by atoms with Gasteiger partial charge in [-0.25, -0.2) is 0 Å². The number of carbonyl (C=O) groups excluding carboxylic acids is 2. The van der Waals surface area contributed by atoms with Crippen molar-refractivity contribution in [2.75, 3.05) is 13.2 Å². The number of aliphatic hydroxyl groups is 2. The summed E-state index contributed by atoms with van der Waals surface area (Å²) in [5.74, 6) is -1.44. The van der Waals surface area contributed by atoms with E-state index in [2.05, 4.69) is 6.92 Å². The molecule has 0 heterocycles. The van der Waals surface area contributed by atoms with Crippen molar-refractivity contribution in [3.8, 4) is 0 Å². The SMILES string of the molecule is CCCCCCCCCCCCCC(=O)OC(=O)C(C)(CO)CO. The second-order valence-electron chi connectivity index (χ2n) is 6.92. The molecule has 0 aromatic heterocycles. The van der Waals surface area contributed by atoms with Crippen LogP contribution in [0, 0.1) is 5.41 Å². The number of aliphatic hydroxyl groups excluding tert-OH is 2. The Kier molecular flexibility index (Phi) is 13.8. The summed E-state index contributed by atoms with van der Waals surface area (Å²) in [6, 6.07) is 0. The van der Waals surface area contributed by atoms with Gasteiger partial charge in [-0.2, -0.15) is 0 Å². The average molecular weight is 344 g/mol. The Hall–Kier alpha value is -0.940. The van der Waals surface area contributed by atoms with Gasteiger partial charge in [0, 0.05) is 6.42 Å².